The Morgan fingerprint density at radius 1 is 1.30 bits per heavy atom. The van der Waals surface area contributed by atoms with Crippen LogP contribution in [0.5, 0.6) is 5.75 Å². The Morgan fingerprint density at radius 3 is 2.57 bits per heavy atom. The SMILES string of the molecule is CC(C)(CNC(=O)c1sccc1OC(F)F)c1ccc(Br)cc1. The molecule has 1 amide bonds. The fourth-order valence-electron chi connectivity index (χ4n) is 2.04. The monoisotopic (exact) mass is 403 g/mol. The summed E-state index contributed by atoms with van der Waals surface area (Å²) in [5.74, 6) is -0.509. The molecule has 0 saturated carbocycles. The summed E-state index contributed by atoms with van der Waals surface area (Å²) >= 11 is 4.46. The Labute approximate surface area is 145 Å². The standard InChI is InChI=1S/C16H16BrF2NO2S/c1-16(2,10-3-5-11(17)6-4-10)9-20-14(21)13-12(7-8-23-13)22-15(18)19/h3-8,15H,9H2,1-2H3,(H,20,21). The van der Waals surface area contributed by atoms with Crippen molar-refractivity contribution in [1.82, 2.24) is 5.32 Å². The number of nitrogens with one attached hydrogen (secondary N) is 1. The molecule has 2 aromatic rings. The van der Waals surface area contributed by atoms with Gasteiger partial charge in [0.05, 0.1) is 0 Å². The van der Waals surface area contributed by atoms with E-state index in [0.717, 1.165) is 21.4 Å². The van der Waals surface area contributed by atoms with E-state index in [-0.39, 0.29) is 16.0 Å². The van der Waals surface area contributed by atoms with Crippen molar-refractivity contribution in [3.8, 4) is 5.75 Å². The molecule has 1 aromatic carbocycles. The highest BCUT2D eigenvalue weighted by molar-refractivity contribution is 9.10. The first-order valence-corrected chi connectivity index (χ1v) is 8.53. The lowest BCUT2D eigenvalue weighted by Gasteiger charge is -2.25. The minimum absolute atomic E-state index is 0.0936. The summed E-state index contributed by atoms with van der Waals surface area (Å²) in [5.41, 5.74) is 0.772. The summed E-state index contributed by atoms with van der Waals surface area (Å²) in [6.07, 6.45) is 0. The van der Waals surface area contributed by atoms with E-state index >= 15 is 0 Å². The van der Waals surface area contributed by atoms with E-state index in [9.17, 15) is 13.6 Å². The number of halogens is 3. The molecule has 0 aliphatic heterocycles. The number of thiophene rings is 1. The molecule has 3 nitrogen and oxygen atoms in total. The third-order valence-corrected chi connectivity index (χ3v) is 4.79. The average Bonchev–Trinajstić information content (AvgIpc) is 2.92. The molecule has 0 aliphatic carbocycles. The molecule has 0 aliphatic rings. The Kier molecular flexibility index (Phi) is 5.75. The minimum Gasteiger partial charge on any atom is -0.433 e. The van der Waals surface area contributed by atoms with E-state index in [2.05, 4.69) is 26.0 Å². The van der Waals surface area contributed by atoms with Crippen LogP contribution in [-0.2, 0) is 5.41 Å². The van der Waals surface area contributed by atoms with Crippen molar-refractivity contribution in [3.05, 3.63) is 50.6 Å². The fourth-order valence-corrected chi connectivity index (χ4v) is 3.04. The highest BCUT2D eigenvalue weighted by Gasteiger charge is 2.23. The van der Waals surface area contributed by atoms with Gasteiger partial charge in [-0.25, -0.2) is 0 Å². The van der Waals surface area contributed by atoms with Crippen molar-refractivity contribution in [2.45, 2.75) is 25.9 Å². The second-order valence-electron chi connectivity index (χ2n) is 5.57. The maximum atomic E-state index is 12.3. The van der Waals surface area contributed by atoms with Gasteiger partial charge in [-0.3, -0.25) is 4.79 Å². The molecular weight excluding hydrogens is 388 g/mol. The van der Waals surface area contributed by atoms with Crippen LogP contribution in [0.2, 0.25) is 0 Å². The van der Waals surface area contributed by atoms with Gasteiger partial charge in [0.2, 0.25) is 0 Å². The van der Waals surface area contributed by atoms with Crippen molar-refractivity contribution in [2.75, 3.05) is 6.54 Å². The van der Waals surface area contributed by atoms with Gasteiger partial charge < -0.3 is 10.1 Å². The quantitative estimate of drug-likeness (QED) is 0.750. The predicted octanol–water partition coefficient (Wildman–Crippen LogP) is 4.82. The van der Waals surface area contributed by atoms with E-state index in [1.54, 1.807) is 5.38 Å². The summed E-state index contributed by atoms with van der Waals surface area (Å²) < 4.78 is 30.0. The number of hydrogen-bond donors (Lipinski definition) is 1. The second kappa shape index (κ2) is 7.40. The van der Waals surface area contributed by atoms with Gasteiger partial charge in [-0.1, -0.05) is 41.9 Å². The average molecular weight is 404 g/mol. The Hall–Kier alpha value is -1.47. The molecule has 0 unspecified atom stereocenters. The first-order valence-electron chi connectivity index (χ1n) is 6.86. The number of ether oxygens (including phenoxy) is 1. The van der Waals surface area contributed by atoms with Crippen LogP contribution >= 0.6 is 27.3 Å². The molecule has 0 saturated heterocycles. The zero-order valence-corrected chi connectivity index (χ0v) is 15.0. The van der Waals surface area contributed by atoms with Crippen LogP contribution in [0.25, 0.3) is 0 Å². The van der Waals surface area contributed by atoms with Gasteiger partial charge in [0, 0.05) is 16.4 Å². The molecule has 124 valence electrons. The lowest BCUT2D eigenvalue weighted by molar-refractivity contribution is -0.0498. The number of rotatable bonds is 6. The maximum Gasteiger partial charge on any atom is 0.387 e. The van der Waals surface area contributed by atoms with E-state index in [0.29, 0.717) is 6.54 Å². The molecule has 0 fully saturated rings. The maximum absolute atomic E-state index is 12.3. The molecule has 0 bridgehead atoms. The van der Waals surface area contributed by atoms with Crippen molar-refractivity contribution >= 4 is 33.2 Å². The fraction of sp³-hybridized carbons (Fsp3) is 0.312. The number of benzene rings is 1. The Bertz CT molecular complexity index is 671. The van der Waals surface area contributed by atoms with Gasteiger partial charge in [-0.15, -0.1) is 11.3 Å². The van der Waals surface area contributed by atoms with E-state index in [4.69, 9.17) is 0 Å². The molecule has 1 N–H and O–H groups in total. The molecule has 0 atom stereocenters. The lowest BCUT2D eigenvalue weighted by Crippen LogP contribution is -2.36. The third kappa shape index (κ3) is 4.75. The number of carbonyl (C=O) groups is 1. The summed E-state index contributed by atoms with van der Waals surface area (Å²) in [5, 5.41) is 4.34. The third-order valence-electron chi connectivity index (χ3n) is 3.37. The van der Waals surface area contributed by atoms with E-state index < -0.39 is 12.5 Å². The summed E-state index contributed by atoms with van der Waals surface area (Å²) in [7, 11) is 0. The Balaban J connectivity index is 2.03. The normalized spacial score (nSPS) is 11.6. The largest absolute Gasteiger partial charge is 0.433 e. The van der Waals surface area contributed by atoms with Crippen molar-refractivity contribution in [3.63, 3.8) is 0 Å². The van der Waals surface area contributed by atoms with Crippen LogP contribution in [0, 0.1) is 0 Å². The number of alkyl halides is 2. The van der Waals surface area contributed by atoms with Gasteiger partial charge in [-0.05, 0) is 29.1 Å². The zero-order valence-electron chi connectivity index (χ0n) is 12.6. The van der Waals surface area contributed by atoms with Crippen LogP contribution in [0.3, 0.4) is 0 Å². The molecule has 7 heteroatoms. The smallest absolute Gasteiger partial charge is 0.387 e. The van der Waals surface area contributed by atoms with Crippen molar-refractivity contribution in [2.24, 2.45) is 0 Å². The molecule has 1 heterocycles. The molecule has 2 rings (SSSR count). The van der Waals surface area contributed by atoms with Gasteiger partial charge in [0.25, 0.3) is 5.91 Å². The van der Waals surface area contributed by atoms with Crippen LogP contribution in [0.1, 0.15) is 29.1 Å². The zero-order chi connectivity index (χ0) is 17.0. The van der Waals surface area contributed by atoms with Crippen LogP contribution in [0.4, 0.5) is 8.78 Å². The summed E-state index contributed by atoms with van der Waals surface area (Å²) in [4.78, 5) is 12.4. The van der Waals surface area contributed by atoms with E-state index in [1.807, 2.05) is 38.1 Å². The van der Waals surface area contributed by atoms with Crippen molar-refractivity contribution in [1.29, 1.82) is 0 Å². The van der Waals surface area contributed by atoms with Crippen LogP contribution in [-0.4, -0.2) is 19.1 Å². The van der Waals surface area contributed by atoms with Crippen molar-refractivity contribution < 1.29 is 18.3 Å². The summed E-state index contributed by atoms with van der Waals surface area (Å²) in [6.45, 7) is 1.43. The van der Waals surface area contributed by atoms with Gasteiger partial charge in [0.1, 0.15) is 10.6 Å². The summed E-state index contributed by atoms with van der Waals surface area (Å²) in [6, 6.07) is 9.20. The number of carbonyl (C=O) groups excluding carboxylic acids is 1. The van der Waals surface area contributed by atoms with E-state index in [1.165, 1.54) is 6.07 Å². The topological polar surface area (TPSA) is 38.3 Å². The van der Waals surface area contributed by atoms with Crippen LogP contribution < -0.4 is 10.1 Å². The molecule has 1 aromatic heterocycles. The minimum atomic E-state index is -2.95. The second-order valence-corrected chi connectivity index (χ2v) is 7.40. The highest BCUT2D eigenvalue weighted by Crippen LogP contribution is 2.27. The van der Waals surface area contributed by atoms with Gasteiger partial charge >= 0.3 is 6.61 Å². The lowest BCUT2D eigenvalue weighted by atomic mass is 9.84. The van der Waals surface area contributed by atoms with Gasteiger partial charge in [-0.2, -0.15) is 8.78 Å². The highest BCUT2D eigenvalue weighted by atomic mass is 79.9. The first kappa shape index (κ1) is 17.9. The molecule has 0 radical (unpaired) electrons. The molecule has 0 spiro atoms. The predicted molar refractivity (Wildman–Crippen MR) is 90.5 cm³/mol. The number of amides is 1. The van der Waals surface area contributed by atoms with Crippen LogP contribution in [0.15, 0.2) is 40.2 Å². The number of hydrogen-bond acceptors (Lipinski definition) is 3. The first-order chi connectivity index (χ1) is 10.8. The van der Waals surface area contributed by atoms with Gasteiger partial charge in [0.15, 0.2) is 0 Å². The molecular formula is C16H16BrF2NO2S. The Morgan fingerprint density at radius 2 is 1.96 bits per heavy atom. The molecule has 23 heavy (non-hydrogen) atoms.